The van der Waals surface area contributed by atoms with E-state index < -0.39 is 0 Å². The van der Waals surface area contributed by atoms with Crippen molar-refractivity contribution in [3.05, 3.63) is 89.2 Å². The number of nitrogens with zero attached hydrogens (tertiary/aromatic N) is 2. The SMILES string of the molecule is Cc1cc(C(c2ccccc2)c2ccccc2)n(C)n1. The van der Waals surface area contributed by atoms with Crippen LogP contribution in [-0.2, 0) is 7.05 Å². The van der Waals surface area contributed by atoms with Crippen LogP contribution in [0.15, 0.2) is 66.7 Å². The zero-order chi connectivity index (χ0) is 13.9. The molecule has 3 aromatic rings. The molecule has 0 radical (unpaired) electrons. The second kappa shape index (κ2) is 5.33. The van der Waals surface area contributed by atoms with Gasteiger partial charge in [-0.25, -0.2) is 0 Å². The molecule has 0 unspecified atom stereocenters. The monoisotopic (exact) mass is 262 g/mol. The van der Waals surface area contributed by atoms with Crippen LogP contribution in [0.3, 0.4) is 0 Å². The number of rotatable bonds is 3. The Morgan fingerprint density at radius 2 is 1.35 bits per heavy atom. The molecule has 3 rings (SSSR count). The number of benzene rings is 2. The Labute approximate surface area is 119 Å². The summed E-state index contributed by atoms with van der Waals surface area (Å²) in [6.07, 6.45) is 0. The van der Waals surface area contributed by atoms with E-state index in [1.54, 1.807) is 0 Å². The maximum absolute atomic E-state index is 4.50. The molecular weight excluding hydrogens is 244 g/mol. The van der Waals surface area contributed by atoms with Gasteiger partial charge in [0.1, 0.15) is 0 Å². The van der Waals surface area contributed by atoms with Crippen LogP contribution in [0.5, 0.6) is 0 Å². The van der Waals surface area contributed by atoms with Gasteiger partial charge in [0.25, 0.3) is 0 Å². The molecule has 2 aromatic carbocycles. The number of hydrogen-bond donors (Lipinski definition) is 0. The summed E-state index contributed by atoms with van der Waals surface area (Å²) >= 11 is 0. The molecule has 0 atom stereocenters. The van der Waals surface area contributed by atoms with Gasteiger partial charge in [0, 0.05) is 7.05 Å². The van der Waals surface area contributed by atoms with Crippen molar-refractivity contribution in [2.24, 2.45) is 7.05 Å². The molecule has 0 aliphatic rings. The van der Waals surface area contributed by atoms with Crippen LogP contribution < -0.4 is 0 Å². The predicted octanol–water partition coefficient (Wildman–Crippen LogP) is 3.91. The Kier molecular flexibility index (Phi) is 3.38. The lowest BCUT2D eigenvalue weighted by atomic mass is 9.88. The third-order valence-electron chi connectivity index (χ3n) is 3.60. The van der Waals surface area contributed by atoms with Crippen LogP contribution in [0.2, 0.25) is 0 Å². The van der Waals surface area contributed by atoms with Crippen molar-refractivity contribution < 1.29 is 0 Å². The molecule has 0 spiro atoms. The molecule has 1 heterocycles. The molecule has 0 aliphatic carbocycles. The second-order valence-electron chi connectivity index (χ2n) is 5.09. The minimum atomic E-state index is 0.226. The van der Waals surface area contributed by atoms with Gasteiger partial charge in [0.15, 0.2) is 0 Å². The van der Waals surface area contributed by atoms with Gasteiger partial charge in [-0.15, -0.1) is 0 Å². The summed E-state index contributed by atoms with van der Waals surface area (Å²) in [5.74, 6) is 0.226. The fourth-order valence-corrected chi connectivity index (χ4v) is 2.73. The van der Waals surface area contributed by atoms with Gasteiger partial charge in [0.2, 0.25) is 0 Å². The minimum absolute atomic E-state index is 0.226. The molecule has 0 bridgehead atoms. The summed E-state index contributed by atoms with van der Waals surface area (Å²) in [4.78, 5) is 0. The maximum Gasteiger partial charge on any atom is 0.0596 e. The van der Waals surface area contributed by atoms with E-state index in [0.717, 1.165) is 5.69 Å². The highest BCUT2D eigenvalue weighted by Crippen LogP contribution is 2.31. The Morgan fingerprint density at radius 1 is 0.850 bits per heavy atom. The van der Waals surface area contributed by atoms with E-state index in [4.69, 9.17) is 0 Å². The van der Waals surface area contributed by atoms with Crippen LogP contribution in [0, 0.1) is 6.92 Å². The van der Waals surface area contributed by atoms with E-state index in [1.165, 1.54) is 16.8 Å². The zero-order valence-corrected chi connectivity index (χ0v) is 11.8. The fraction of sp³-hybridized carbons (Fsp3) is 0.167. The first-order valence-electron chi connectivity index (χ1n) is 6.86. The molecule has 0 fully saturated rings. The lowest BCUT2D eigenvalue weighted by Gasteiger charge is -2.18. The molecule has 0 saturated heterocycles. The minimum Gasteiger partial charge on any atom is -0.271 e. The highest BCUT2D eigenvalue weighted by Gasteiger charge is 2.19. The number of aromatic nitrogens is 2. The molecule has 0 amide bonds. The van der Waals surface area contributed by atoms with Gasteiger partial charge in [-0.3, -0.25) is 4.68 Å². The van der Waals surface area contributed by atoms with Gasteiger partial charge in [-0.1, -0.05) is 60.7 Å². The summed E-state index contributed by atoms with van der Waals surface area (Å²) in [7, 11) is 2.02. The van der Waals surface area contributed by atoms with Gasteiger partial charge in [-0.05, 0) is 24.1 Å². The third-order valence-corrected chi connectivity index (χ3v) is 3.60. The third kappa shape index (κ3) is 2.37. The number of aryl methyl sites for hydroxylation is 2. The molecule has 2 nitrogen and oxygen atoms in total. The molecule has 0 saturated carbocycles. The van der Waals surface area contributed by atoms with E-state index >= 15 is 0 Å². The van der Waals surface area contributed by atoms with Crippen molar-refractivity contribution in [3.8, 4) is 0 Å². The van der Waals surface area contributed by atoms with Crippen molar-refractivity contribution in [2.45, 2.75) is 12.8 Å². The predicted molar refractivity (Wildman–Crippen MR) is 81.8 cm³/mol. The van der Waals surface area contributed by atoms with E-state index in [2.05, 4.69) is 71.8 Å². The summed E-state index contributed by atoms with van der Waals surface area (Å²) < 4.78 is 1.99. The van der Waals surface area contributed by atoms with Crippen LogP contribution in [0.25, 0.3) is 0 Å². The second-order valence-corrected chi connectivity index (χ2v) is 5.09. The Bertz CT molecular complexity index is 644. The summed E-state index contributed by atoms with van der Waals surface area (Å²) in [6.45, 7) is 2.04. The van der Waals surface area contributed by atoms with Crippen molar-refractivity contribution in [3.63, 3.8) is 0 Å². The Hall–Kier alpha value is -2.35. The fourth-order valence-electron chi connectivity index (χ4n) is 2.73. The lowest BCUT2D eigenvalue weighted by Crippen LogP contribution is -2.08. The zero-order valence-electron chi connectivity index (χ0n) is 11.8. The van der Waals surface area contributed by atoms with Gasteiger partial charge in [0.05, 0.1) is 17.3 Å². The summed E-state index contributed by atoms with van der Waals surface area (Å²) in [6, 6.07) is 23.4. The molecule has 1 aromatic heterocycles. The Balaban J connectivity index is 2.16. The van der Waals surface area contributed by atoms with Crippen LogP contribution >= 0.6 is 0 Å². The molecular formula is C18H18N2. The van der Waals surface area contributed by atoms with Crippen LogP contribution in [0.4, 0.5) is 0 Å². The first-order valence-corrected chi connectivity index (χ1v) is 6.86. The molecule has 20 heavy (non-hydrogen) atoms. The largest absolute Gasteiger partial charge is 0.271 e. The molecule has 2 heteroatoms. The molecule has 0 aliphatic heterocycles. The van der Waals surface area contributed by atoms with Gasteiger partial charge >= 0.3 is 0 Å². The Morgan fingerprint density at radius 3 is 1.75 bits per heavy atom. The number of hydrogen-bond acceptors (Lipinski definition) is 1. The lowest BCUT2D eigenvalue weighted by molar-refractivity contribution is 0.692. The first kappa shape index (κ1) is 12.7. The van der Waals surface area contributed by atoms with Crippen LogP contribution in [0.1, 0.15) is 28.4 Å². The average molecular weight is 262 g/mol. The van der Waals surface area contributed by atoms with E-state index in [-0.39, 0.29) is 5.92 Å². The van der Waals surface area contributed by atoms with Crippen molar-refractivity contribution in [1.29, 1.82) is 0 Å². The smallest absolute Gasteiger partial charge is 0.0596 e. The van der Waals surface area contributed by atoms with Gasteiger partial charge < -0.3 is 0 Å². The van der Waals surface area contributed by atoms with E-state index in [0.29, 0.717) is 0 Å². The summed E-state index contributed by atoms with van der Waals surface area (Å²) in [5.41, 5.74) is 4.86. The highest BCUT2D eigenvalue weighted by atomic mass is 15.3. The van der Waals surface area contributed by atoms with Gasteiger partial charge in [-0.2, -0.15) is 5.10 Å². The summed E-state index contributed by atoms with van der Waals surface area (Å²) in [5, 5.41) is 4.50. The average Bonchev–Trinajstić information content (AvgIpc) is 2.80. The van der Waals surface area contributed by atoms with E-state index in [9.17, 15) is 0 Å². The quantitative estimate of drug-likeness (QED) is 0.699. The molecule has 0 N–H and O–H groups in total. The topological polar surface area (TPSA) is 17.8 Å². The maximum atomic E-state index is 4.50. The van der Waals surface area contributed by atoms with E-state index in [1.807, 2.05) is 18.7 Å². The standard InChI is InChI=1S/C18H18N2/c1-14-13-17(20(2)19-14)18(15-9-5-3-6-10-15)16-11-7-4-8-12-16/h3-13,18H,1-2H3. The highest BCUT2D eigenvalue weighted by molar-refractivity contribution is 5.40. The van der Waals surface area contributed by atoms with Crippen LogP contribution in [-0.4, -0.2) is 9.78 Å². The van der Waals surface area contributed by atoms with Crippen molar-refractivity contribution in [2.75, 3.05) is 0 Å². The van der Waals surface area contributed by atoms with Crippen molar-refractivity contribution in [1.82, 2.24) is 9.78 Å². The first-order chi connectivity index (χ1) is 9.75. The molecule has 100 valence electrons. The normalized spacial score (nSPS) is 10.9. The van der Waals surface area contributed by atoms with Crippen molar-refractivity contribution >= 4 is 0 Å².